The minimum Gasteiger partial charge on any atom is -0.462 e. The molecule has 0 unspecified atom stereocenters. The summed E-state index contributed by atoms with van der Waals surface area (Å²) in [5, 5.41) is 0. The van der Waals surface area contributed by atoms with Crippen LogP contribution in [0, 0.1) is 0 Å². The van der Waals surface area contributed by atoms with E-state index in [1.165, 1.54) is 0 Å². The van der Waals surface area contributed by atoms with E-state index in [-0.39, 0.29) is 11.1 Å². The highest BCUT2D eigenvalue weighted by Crippen LogP contribution is 2.16. The van der Waals surface area contributed by atoms with Gasteiger partial charge in [0.25, 0.3) is 0 Å². The molecule has 0 aromatic carbocycles. The van der Waals surface area contributed by atoms with E-state index >= 15 is 0 Å². The highest BCUT2D eigenvalue weighted by molar-refractivity contribution is 6.04. The van der Waals surface area contributed by atoms with E-state index in [2.05, 4.69) is 0 Å². The van der Waals surface area contributed by atoms with Gasteiger partial charge in [0.1, 0.15) is 0 Å². The Bertz CT molecular complexity index is 378. The first kappa shape index (κ1) is 15.2. The van der Waals surface area contributed by atoms with Gasteiger partial charge in [0.15, 0.2) is 0 Å². The fraction of sp³-hybridized carbons (Fsp3) is 0.467. The average molecular weight is 264 g/mol. The molecule has 0 spiro atoms. The third-order valence-corrected chi connectivity index (χ3v) is 2.45. The molecule has 104 valence electrons. The first-order chi connectivity index (χ1) is 9.20. The van der Waals surface area contributed by atoms with Crippen LogP contribution in [0.2, 0.25) is 0 Å². The number of ether oxygens (including phenoxy) is 2. The predicted molar refractivity (Wildman–Crippen MR) is 72.4 cm³/mol. The van der Waals surface area contributed by atoms with Crippen LogP contribution < -0.4 is 0 Å². The van der Waals surface area contributed by atoms with Gasteiger partial charge in [-0.15, -0.1) is 0 Å². The second-order valence-electron chi connectivity index (χ2n) is 4.14. The Kier molecular flexibility index (Phi) is 6.64. The summed E-state index contributed by atoms with van der Waals surface area (Å²) in [7, 11) is 0. The van der Waals surface area contributed by atoms with Crippen molar-refractivity contribution in [1.82, 2.24) is 0 Å². The van der Waals surface area contributed by atoms with E-state index in [1.807, 2.05) is 26.0 Å². The summed E-state index contributed by atoms with van der Waals surface area (Å²) in [6.45, 7) is 4.52. The Morgan fingerprint density at radius 1 is 0.947 bits per heavy atom. The van der Waals surface area contributed by atoms with E-state index in [0.29, 0.717) is 19.6 Å². The number of carbonyl (C=O) groups is 2. The largest absolute Gasteiger partial charge is 0.462 e. The maximum absolute atomic E-state index is 11.9. The van der Waals surface area contributed by atoms with Crippen molar-refractivity contribution in [3.05, 3.63) is 35.5 Å². The van der Waals surface area contributed by atoms with Crippen LogP contribution in [0.4, 0.5) is 0 Å². The predicted octanol–water partition coefficient (Wildman–Crippen LogP) is 2.71. The van der Waals surface area contributed by atoms with Crippen molar-refractivity contribution in [2.75, 3.05) is 13.2 Å². The number of carbonyl (C=O) groups excluding carboxylic acids is 2. The topological polar surface area (TPSA) is 52.6 Å². The lowest BCUT2D eigenvalue weighted by atomic mass is 10.1. The van der Waals surface area contributed by atoms with Gasteiger partial charge in [-0.1, -0.05) is 38.2 Å². The summed E-state index contributed by atoms with van der Waals surface area (Å²) in [5.41, 5.74) is 0.534. The number of hydrogen-bond donors (Lipinski definition) is 0. The zero-order valence-electron chi connectivity index (χ0n) is 11.5. The van der Waals surface area contributed by atoms with Crippen LogP contribution in [0.5, 0.6) is 0 Å². The molecule has 0 amide bonds. The summed E-state index contributed by atoms with van der Waals surface area (Å²) in [6.07, 6.45) is 9.05. The molecule has 0 radical (unpaired) electrons. The maximum Gasteiger partial charge on any atom is 0.338 e. The van der Waals surface area contributed by atoms with Crippen LogP contribution in [0.25, 0.3) is 0 Å². The second kappa shape index (κ2) is 8.29. The van der Waals surface area contributed by atoms with Crippen molar-refractivity contribution in [3.63, 3.8) is 0 Å². The molecule has 0 aromatic rings. The van der Waals surface area contributed by atoms with Gasteiger partial charge in [0.05, 0.1) is 24.4 Å². The zero-order valence-corrected chi connectivity index (χ0v) is 11.5. The van der Waals surface area contributed by atoms with Gasteiger partial charge in [-0.2, -0.15) is 0 Å². The zero-order chi connectivity index (χ0) is 14.1. The lowest BCUT2D eigenvalue weighted by Gasteiger charge is -2.08. The fourth-order valence-electron chi connectivity index (χ4n) is 1.53. The summed E-state index contributed by atoms with van der Waals surface area (Å²) >= 11 is 0. The molecule has 4 heteroatoms. The van der Waals surface area contributed by atoms with E-state index in [1.54, 1.807) is 12.2 Å². The molecule has 0 N–H and O–H groups in total. The smallest absolute Gasteiger partial charge is 0.338 e. The van der Waals surface area contributed by atoms with Gasteiger partial charge in [-0.25, -0.2) is 9.59 Å². The third kappa shape index (κ3) is 4.73. The van der Waals surface area contributed by atoms with Crippen molar-refractivity contribution in [2.45, 2.75) is 33.1 Å². The number of rotatable bonds is 6. The molecule has 1 aliphatic carbocycles. The van der Waals surface area contributed by atoms with Crippen LogP contribution in [0.1, 0.15) is 33.1 Å². The summed E-state index contributed by atoms with van der Waals surface area (Å²) < 4.78 is 10.2. The van der Waals surface area contributed by atoms with Crippen molar-refractivity contribution < 1.29 is 19.1 Å². The van der Waals surface area contributed by atoms with Gasteiger partial charge < -0.3 is 9.47 Å². The Morgan fingerprint density at radius 3 is 1.74 bits per heavy atom. The first-order valence-corrected chi connectivity index (χ1v) is 6.62. The van der Waals surface area contributed by atoms with Crippen LogP contribution in [-0.2, 0) is 19.1 Å². The number of hydrogen-bond acceptors (Lipinski definition) is 4. The van der Waals surface area contributed by atoms with Crippen molar-refractivity contribution in [1.29, 1.82) is 0 Å². The highest BCUT2D eigenvalue weighted by atomic mass is 16.5. The van der Waals surface area contributed by atoms with Gasteiger partial charge >= 0.3 is 11.9 Å². The number of esters is 2. The van der Waals surface area contributed by atoms with Crippen LogP contribution in [0.15, 0.2) is 35.5 Å². The highest BCUT2D eigenvalue weighted by Gasteiger charge is 2.20. The summed E-state index contributed by atoms with van der Waals surface area (Å²) in [5.74, 6) is -0.957. The third-order valence-electron chi connectivity index (χ3n) is 2.45. The van der Waals surface area contributed by atoms with Gasteiger partial charge in [-0.3, -0.25) is 0 Å². The molecule has 0 aromatic heterocycles. The van der Waals surface area contributed by atoms with Crippen molar-refractivity contribution in [3.8, 4) is 0 Å². The van der Waals surface area contributed by atoms with Crippen LogP contribution in [0.3, 0.4) is 0 Å². The molecule has 19 heavy (non-hydrogen) atoms. The minimum absolute atomic E-state index is 0.267. The Morgan fingerprint density at radius 2 is 1.37 bits per heavy atom. The second-order valence-corrected chi connectivity index (χ2v) is 4.14. The molecule has 1 rings (SSSR count). The molecular weight excluding hydrogens is 244 g/mol. The summed E-state index contributed by atoms with van der Waals surface area (Å²) in [6, 6.07) is 0. The molecular formula is C15H20O4. The molecule has 0 bridgehead atoms. The molecule has 4 nitrogen and oxygen atoms in total. The average Bonchev–Trinajstić information content (AvgIpc) is 2.67. The first-order valence-electron chi connectivity index (χ1n) is 6.62. The van der Waals surface area contributed by atoms with Crippen molar-refractivity contribution in [2.24, 2.45) is 0 Å². The Labute approximate surface area is 113 Å². The number of allylic oxidation sites excluding steroid dienone is 2. The lowest BCUT2D eigenvalue weighted by molar-refractivity contribution is -0.141. The quantitative estimate of drug-likeness (QED) is 0.692. The molecule has 0 aliphatic heterocycles. The van der Waals surface area contributed by atoms with Gasteiger partial charge in [-0.05, 0) is 19.3 Å². The summed E-state index contributed by atoms with van der Waals surface area (Å²) in [4.78, 5) is 23.9. The van der Waals surface area contributed by atoms with Crippen molar-refractivity contribution >= 4 is 11.9 Å². The van der Waals surface area contributed by atoms with E-state index in [9.17, 15) is 9.59 Å². The SMILES string of the molecule is CCCOC(=O)C1=C(C(=O)OCCC)C=CCC=C1. The monoisotopic (exact) mass is 264 g/mol. The van der Waals surface area contributed by atoms with Crippen LogP contribution >= 0.6 is 0 Å². The molecule has 0 fully saturated rings. The standard InChI is InChI=1S/C15H20O4/c1-3-10-18-14(16)12-8-6-5-7-9-13(12)15(17)19-11-4-2/h6-9H,3-5,10-11H2,1-2H3. The van der Waals surface area contributed by atoms with E-state index < -0.39 is 11.9 Å². The molecule has 0 heterocycles. The van der Waals surface area contributed by atoms with Gasteiger partial charge in [0.2, 0.25) is 0 Å². The maximum atomic E-state index is 11.9. The van der Waals surface area contributed by atoms with E-state index in [0.717, 1.165) is 12.8 Å². The minimum atomic E-state index is -0.479. The molecule has 1 aliphatic rings. The fourth-order valence-corrected chi connectivity index (χ4v) is 1.53. The lowest BCUT2D eigenvalue weighted by Crippen LogP contribution is -2.15. The molecule has 0 saturated carbocycles. The van der Waals surface area contributed by atoms with E-state index in [4.69, 9.17) is 9.47 Å². The van der Waals surface area contributed by atoms with Gasteiger partial charge in [0, 0.05) is 0 Å². The van der Waals surface area contributed by atoms with Crippen LogP contribution in [-0.4, -0.2) is 25.2 Å². The normalized spacial score (nSPS) is 14.2. The molecule has 0 saturated heterocycles. The molecule has 0 atom stereocenters. The Hall–Kier alpha value is -1.84. The Balaban J connectivity index is 2.94.